The molecule has 0 saturated heterocycles. The van der Waals surface area contributed by atoms with Crippen LogP contribution in [0.1, 0.15) is 34.1 Å². The molecule has 0 amide bonds. The van der Waals surface area contributed by atoms with Gasteiger partial charge < -0.3 is 0 Å². The number of benzene rings is 1. The zero-order chi connectivity index (χ0) is 10.8. The SMILES string of the molecule is CCCc1ccc2sc(C=O)c(C)c2c1. The maximum atomic E-state index is 10.8. The van der Waals surface area contributed by atoms with Gasteiger partial charge >= 0.3 is 0 Å². The minimum Gasteiger partial charge on any atom is -0.297 e. The molecule has 0 radical (unpaired) electrons. The van der Waals surface area contributed by atoms with Gasteiger partial charge in [-0.3, -0.25) is 4.79 Å². The van der Waals surface area contributed by atoms with E-state index in [2.05, 4.69) is 25.1 Å². The van der Waals surface area contributed by atoms with Crippen LogP contribution in [0, 0.1) is 6.92 Å². The molecule has 0 saturated carbocycles. The van der Waals surface area contributed by atoms with Gasteiger partial charge in [-0.25, -0.2) is 0 Å². The fraction of sp³-hybridized carbons (Fsp3) is 0.308. The first-order valence-electron chi connectivity index (χ1n) is 5.23. The molecule has 1 heterocycles. The molecule has 0 unspecified atom stereocenters. The summed E-state index contributed by atoms with van der Waals surface area (Å²) in [6.45, 7) is 4.21. The fourth-order valence-corrected chi connectivity index (χ4v) is 2.85. The minimum absolute atomic E-state index is 0.860. The van der Waals surface area contributed by atoms with Crippen LogP contribution in [0.2, 0.25) is 0 Å². The Morgan fingerprint density at radius 3 is 2.87 bits per heavy atom. The zero-order valence-corrected chi connectivity index (χ0v) is 9.86. The van der Waals surface area contributed by atoms with Crippen molar-refractivity contribution in [1.82, 2.24) is 0 Å². The van der Waals surface area contributed by atoms with Gasteiger partial charge in [-0.05, 0) is 35.9 Å². The van der Waals surface area contributed by atoms with Gasteiger partial charge in [0.2, 0.25) is 0 Å². The zero-order valence-electron chi connectivity index (χ0n) is 9.04. The highest BCUT2D eigenvalue weighted by molar-refractivity contribution is 7.20. The summed E-state index contributed by atoms with van der Waals surface area (Å²) in [6, 6.07) is 6.51. The molecule has 1 aromatic heterocycles. The Morgan fingerprint density at radius 1 is 1.40 bits per heavy atom. The van der Waals surface area contributed by atoms with Crippen molar-refractivity contribution in [3.63, 3.8) is 0 Å². The summed E-state index contributed by atoms with van der Waals surface area (Å²) in [6.07, 6.45) is 3.23. The summed E-state index contributed by atoms with van der Waals surface area (Å²) in [5, 5.41) is 1.24. The van der Waals surface area contributed by atoms with Crippen LogP contribution in [0.5, 0.6) is 0 Å². The summed E-state index contributed by atoms with van der Waals surface area (Å²) in [4.78, 5) is 11.7. The van der Waals surface area contributed by atoms with Crippen molar-refractivity contribution in [1.29, 1.82) is 0 Å². The van der Waals surface area contributed by atoms with E-state index < -0.39 is 0 Å². The molecule has 0 atom stereocenters. The second kappa shape index (κ2) is 4.15. The quantitative estimate of drug-likeness (QED) is 0.712. The number of hydrogen-bond donors (Lipinski definition) is 0. The molecule has 2 rings (SSSR count). The Balaban J connectivity index is 2.59. The van der Waals surface area contributed by atoms with Gasteiger partial charge in [-0.2, -0.15) is 0 Å². The van der Waals surface area contributed by atoms with E-state index in [1.54, 1.807) is 11.3 Å². The average molecular weight is 218 g/mol. The third kappa shape index (κ3) is 1.82. The van der Waals surface area contributed by atoms with Crippen molar-refractivity contribution in [3.8, 4) is 0 Å². The van der Waals surface area contributed by atoms with Crippen LogP contribution >= 0.6 is 11.3 Å². The largest absolute Gasteiger partial charge is 0.297 e. The van der Waals surface area contributed by atoms with E-state index in [0.29, 0.717) is 0 Å². The molecule has 78 valence electrons. The van der Waals surface area contributed by atoms with Gasteiger partial charge in [0.25, 0.3) is 0 Å². The van der Waals surface area contributed by atoms with Gasteiger partial charge in [-0.15, -0.1) is 11.3 Å². The summed E-state index contributed by atoms with van der Waals surface area (Å²) in [5.41, 5.74) is 2.49. The highest BCUT2D eigenvalue weighted by Gasteiger charge is 2.07. The van der Waals surface area contributed by atoms with Gasteiger partial charge in [0.1, 0.15) is 0 Å². The van der Waals surface area contributed by atoms with Crippen LogP contribution in [0.3, 0.4) is 0 Å². The Hall–Kier alpha value is -1.15. The van der Waals surface area contributed by atoms with Crippen LogP contribution in [0.15, 0.2) is 18.2 Å². The van der Waals surface area contributed by atoms with Crippen LogP contribution in [0.25, 0.3) is 10.1 Å². The van der Waals surface area contributed by atoms with E-state index >= 15 is 0 Å². The maximum Gasteiger partial charge on any atom is 0.160 e. The Labute approximate surface area is 93.7 Å². The van der Waals surface area contributed by atoms with E-state index in [0.717, 1.165) is 29.6 Å². The number of rotatable bonds is 3. The van der Waals surface area contributed by atoms with Crippen molar-refractivity contribution in [2.24, 2.45) is 0 Å². The third-order valence-electron chi connectivity index (χ3n) is 2.68. The molecule has 0 N–H and O–H groups in total. The first-order valence-corrected chi connectivity index (χ1v) is 6.05. The topological polar surface area (TPSA) is 17.1 Å². The lowest BCUT2D eigenvalue weighted by atomic mass is 10.1. The summed E-state index contributed by atoms with van der Waals surface area (Å²) in [5.74, 6) is 0. The van der Waals surface area contributed by atoms with E-state index in [9.17, 15) is 4.79 Å². The second-order valence-electron chi connectivity index (χ2n) is 3.79. The monoisotopic (exact) mass is 218 g/mol. The van der Waals surface area contributed by atoms with Crippen molar-refractivity contribution in [2.45, 2.75) is 26.7 Å². The molecule has 2 heteroatoms. The molecule has 15 heavy (non-hydrogen) atoms. The van der Waals surface area contributed by atoms with Crippen LogP contribution in [-0.4, -0.2) is 6.29 Å². The molecule has 0 aliphatic heterocycles. The molecule has 2 aromatic rings. The second-order valence-corrected chi connectivity index (χ2v) is 4.87. The highest BCUT2D eigenvalue weighted by Crippen LogP contribution is 2.30. The first kappa shape index (κ1) is 10.4. The number of aryl methyl sites for hydroxylation is 2. The Bertz CT molecular complexity index is 496. The number of fused-ring (bicyclic) bond motifs is 1. The molecule has 1 nitrogen and oxygen atoms in total. The number of carbonyl (C=O) groups excluding carboxylic acids is 1. The molecule has 0 fully saturated rings. The lowest BCUT2D eigenvalue weighted by Crippen LogP contribution is -1.82. The van der Waals surface area contributed by atoms with Gasteiger partial charge in [0.05, 0.1) is 4.88 Å². The standard InChI is InChI=1S/C13H14OS/c1-3-4-10-5-6-12-11(7-10)9(2)13(8-14)15-12/h5-8H,3-4H2,1-2H3. The number of hydrogen-bond acceptors (Lipinski definition) is 2. The van der Waals surface area contributed by atoms with Crippen molar-refractivity contribution < 1.29 is 4.79 Å². The summed E-state index contributed by atoms with van der Waals surface area (Å²) >= 11 is 1.58. The van der Waals surface area contributed by atoms with Gasteiger partial charge in [0.15, 0.2) is 6.29 Å². The predicted molar refractivity (Wildman–Crippen MR) is 65.9 cm³/mol. The average Bonchev–Trinajstić information content (AvgIpc) is 2.56. The number of thiophene rings is 1. The maximum absolute atomic E-state index is 10.8. The molecule has 0 aliphatic carbocycles. The third-order valence-corrected chi connectivity index (χ3v) is 3.88. The van der Waals surface area contributed by atoms with E-state index in [1.807, 2.05) is 6.92 Å². The predicted octanol–water partition coefficient (Wildman–Crippen LogP) is 3.97. The molecule has 0 bridgehead atoms. The first-order chi connectivity index (χ1) is 7.26. The van der Waals surface area contributed by atoms with E-state index in [1.165, 1.54) is 15.6 Å². The normalized spacial score (nSPS) is 10.8. The number of aldehydes is 1. The summed E-state index contributed by atoms with van der Waals surface area (Å²) in [7, 11) is 0. The van der Waals surface area contributed by atoms with Crippen molar-refractivity contribution >= 4 is 27.7 Å². The lowest BCUT2D eigenvalue weighted by molar-refractivity contribution is 0.112. The van der Waals surface area contributed by atoms with E-state index in [4.69, 9.17) is 0 Å². The Kier molecular flexibility index (Phi) is 2.87. The molecular weight excluding hydrogens is 204 g/mol. The van der Waals surface area contributed by atoms with Crippen molar-refractivity contribution in [3.05, 3.63) is 34.2 Å². The van der Waals surface area contributed by atoms with Crippen LogP contribution < -0.4 is 0 Å². The molecular formula is C13H14OS. The van der Waals surface area contributed by atoms with Crippen LogP contribution in [0.4, 0.5) is 0 Å². The van der Waals surface area contributed by atoms with Gasteiger partial charge in [-0.1, -0.05) is 25.5 Å². The van der Waals surface area contributed by atoms with E-state index in [-0.39, 0.29) is 0 Å². The molecule has 0 aliphatic rings. The molecule has 1 aromatic carbocycles. The summed E-state index contributed by atoms with van der Waals surface area (Å²) < 4.78 is 1.22. The minimum atomic E-state index is 0.860. The fourth-order valence-electron chi connectivity index (χ4n) is 1.84. The molecule has 0 spiro atoms. The Morgan fingerprint density at radius 2 is 2.20 bits per heavy atom. The highest BCUT2D eigenvalue weighted by atomic mass is 32.1. The lowest BCUT2D eigenvalue weighted by Gasteiger charge is -1.99. The smallest absolute Gasteiger partial charge is 0.160 e. The van der Waals surface area contributed by atoms with Gasteiger partial charge in [0, 0.05) is 4.70 Å². The van der Waals surface area contributed by atoms with Crippen LogP contribution in [-0.2, 0) is 6.42 Å². The number of carbonyl (C=O) groups is 1. The van der Waals surface area contributed by atoms with Crippen molar-refractivity contribution in [2.75, 3.05) is 0 Å².